The fourth-order valence-electron chi connectivity index (χ4n) is 3.06. The van der Waals surface area contributed by atoms with E-state index in [0.29, 0.717) is 29.3 Å². The minimum Gasteiger partial charge on any atom is -0.378 e. The number of anilines is 1. The van der Waals surface area contributed by atoms with E-state index >= 15 is 0 Å². The van der Waals surface area contributed by atoms with Crippen LogP contribution in [-0.4, -0.2) is 57.0 Å². The number of hydrogen-bond donors (Lipinski definition) is 0. The molecule has 1 aliphatic heterocycles. The third-order valence-corrected chi connectivity index (χ3v) is 5.88. The Balaban J connectivity index is 1.28. The summed E-state index contributed by atoms with van der Waals surface area (Å²) in [6.45, 7) is 4.83. The van der Waals surface area contributed by atoms with E-state index < -0.39 is 0 Å². The molecule has 1 saturated heterocycles. The molecule has 8 nitrogen and oxygen atoms in total. The molecule has 0 bridgehead atoms. The van der Waals surface area contributed by atoms with Crippen molar-refractivity contribution >= 4 is 17.7 Å². The van der Waals surface area contributed by atoms with E-state index in [4.69, 9.17) is 9.26 Å². The second-order valence-electron chi connectivity index (χ2n) is 6.87. The molecule has 2 aromatic heterocycles. The molecule has 3 heterocycles. The number of rotatable bonds is 7. The number of aryl methyl sites for hydroxylation is 2. The summed E-state index contributed by atoms with van der Waals surface area (Å²) in [5.41, 5.74) is 1.21. The van der Waals surface area contributed by atoms with E-state index in [1.165, 1.54) is 6.07 Å². The Morgan fingerprint density at radius 3 is 2.83 bits per heavy atom. The van der Waals surface area contributed by atoms with Crippen LogP contribution in [0.25, 0.3) is 11.4 Å². The molecule has 10 heteroatoms. The molecule has 0 N–H and O–H groups in total. The predicted octanol–water partition coefficient (Wildman–Crippen LogP) is 2.87. The molecule has 154 valence electrons. The van der Waals surface area contributed by atoms with Crippen LogP contribution in [-0.2, 0) is 18.2 Å². The first-order valence-corrected chi connectivity index (χ1v) is 10.5. The molecule has 0 spiro atoms. The number of thioether (sulfide) groups is 1. The second-order valence-corrected chi connectivity index (χ2v) is 7.93. The van der Waals surface area contributed by atoms with E-state index in [1.807, 2.05) is 11.6 Å². The maximum Gasteiger partial charge on any atom is 0.227 e. The molecule has 0 aliphatic carbocycles. The molecule has 0 saturated carbocycles. The molecule has 3 aromatic rings. The van der Waals surface area contributed by atoms with Gasteiger partial charge in [0.2, 0.25) is 17.7 Å². The van der Waals surface area contributed by atoms with Gasteiger partial charge in [-0.05, 0) is 25.0 Å². The fraction of sp³-hybridized carbons (Fsp3) is 0.474. The normalized spacial score (nSPS) is 14.5. The van der Waals surface area contributed by atoms with Crippen molar-refractivity contribution in [1.82, 2.24) is 24.9 Å². The first-order chi connectivity index (χ1) is 14.1. The quantitative estimate of drug-likeness (QED) is 0.428. The van der Waals surface area contributed by atoms with Crippen molar-refractivity contribution in [3.8, 4) is 11.4 Å². The lowest BCUT2D eigenvalue weighted by Crippen LogP contribution is -2.37. The summed E-state index contributed by atoms with van der Waals surface area (Å²) in [6, 6.07) is 4.94. The number of hydrogen-bond acceptors (Lipinski definition) is 8. The Kier molecular flexibility index (Phi) is 6.10. The number of aromatic nitrogens is 5. The zero-order chi connectivity index (χ0) is 20.2. The minimum atomic E-state index is -0.273. The van der Waals surface area contributed by atoms with E-state index in [1.54, 1.807) is 30.8 Å². The molecule has 0 radical (unpaired) electrons. The molecule has 0 unspecified atom stereocenters. The van der Waals surface area contributed by atoms with Gasteiger partial charge in [-0.15, -0.1) is 10.2 Å². The van der Waals surface area contributed by atoms with Gasteiger partial charge in [0.25, 0.3) is 0 Å². The predicted molar refractivity (Wildman–Crippen MR) is 108 cm³/mol. The first-order valence-electron chi connectivity index (χ1n) is 9.56. The van der Waals surface area contributed by atoms with E-state index in [0.717, 1.165) is 49.6 Å². The van der Waals surface area contributed by atoms with Crippen LogP contribution in [0, 0.1) is 12.7 Å². The highest BCUT2D eigenvalue weighted by molar-refractivity contribution is 7.99. The lowest BCUT2D eigenvalue weighted by Gasteiger charge is -2.27. The van der Waals surface area contributed by atoms with Gasteiger partial charge in [0.1, 0.15) is 5.82 Å². The number of halogens is 1. The average Bonchev–Trinajstić information content (AvgIpc) is 3.35. The van der Waals surface area contributed by atoms with Crippen LogP contribution in [0.1, 0.15) is 17.9 Å². The van der Waals surface area contributed by atoms with E-state index in [2.05, 4.69) is 25.2 Å². The van der Waals surface area contributed by atoms with Gasteiger partial charge in [0.15, 0.2) is 5.16 Å². The molecule has 1 aromatic carbocycles. The van der Waals surface area contributed by atoms with Crippen molar-refractivity contribution < 1.29 is 13.7 Å². The van der Waals surface area contributed by atoms with Crippen LogP contribution in [0.4, 0.5) is 10.3 Å². The third-order valence-electron chi connectivity index (χ3n) is 4.77. The Morgan fingerprint density at radius 2 is 2.03 bits per heavy atom. The van der Waals surface area contributed by atoms with Crippen molar-refractivity contribution in [2.45, 2.75) is 24.9 Å². The van der Waals surface area contributed by atoms with Crippen LogP contribution in [0.15, 0.2) is 27.9 Å². The maximum atomic E-state index is 13.7. The van der Waals surface area contributed by atoms with Crippen molar-refractivity contribution in [2.24, 2.45) is 7.05 Å². The Bertz CT molecular complexity index is 970. The van der Waals surface area contributed by atoms with Gasteiger partial charge in [-0.25, -0.2) is 4.39 Å². The highest BCUT2D eigenvalue weighted by Crippen LogP contribution is 2.23. The van der Waals surface area contributed by atoms with Gasteiger partial charge >= 0.3 is 0 Å². The van der Waals surface area contributed by atoms with Gasteiger partial charge in [-0.1, -0.05) is 29.1 Å². The molecule has 0 atom stereocenters. The van der Waals surface area contributed by atoms with Crippen LogP contribution in [0.3, 0.4) is 0 Å². The second kappa shape index (κ2) is 8.91. The molecular weight excluding hydrogens is 395 g/mol. The standard InChI is InChI=1S/C19H23FN6O2S/c1-13-5-6-14(12-15(13)20)17-21-16(28-24-17)4-3-11-29-19-23-22-18(25(19)2)26-7-9-27-10-8-26/h5-6,12H,3-4,7-11H2,1-2H3. The van der Waals surface area contributed by atoms with Crippen LogP contribution in [0.2, 0.25) is 0 Å². The zero-order valence-electron chi connectivity index (χ0n) is 16.5. The van der Waals surface area contributed by atoms with Crippen LogP contribution >= 0.6 is 11.8 Å². The summed E-state index contributed by atoms with van der Waals surface area (Å²) in [5, 5.41) is 13.5. The third kappa shape index (κ3) is 4.59. The lowest BCUT2D eigenvalue weighted by molar-refractivity contribution is 0.121. The summed E-state index contributed by atoms with van der Waals surface area (Å²) in [7, 11) is 1.98. The molecule has 1 fully saturated rings. The fourth-order valence-corrected chi connectivity index (χ4v) is 3.91. The zero-order valence-corrected chi connectivity index (χ0v) is 17.3. The summed E-state index contributed by atoms with van der Waals surface area (Å²) < 4.78 is 26.4. The Hall–Kier alpha value is -2.46. The number of nitrogens with zero attached hydrogens (tertiary/aromatic N) is 6. The maximum absolute atomic E-state index is 13.7. The molecule has 0 amide bonds. The smallest absolute Gasteiger partial charge is 0.227 e. The molecular formula is C19H23FN6O2S. The Morgan fingerprint density at radius 1 is 1.21 bits per heavy atom. The van der Waals surface area contributed by atoms with Crippen molar-refractivity contribution in [2.75, 3.05) is 37.0 Å². The molecule has 4 rings (SSSR count). The highest BCUT2D eigenvalue weighted by Gasteiger charge is 2.18. The number of ether oxygens (including phenoxy) is 1. The Labute approximate surface area is 172 Å². The largest absolute Gasteiger partial charge is 0.378 e. The highest BCUT2D eigenvalue weighted by atomic mass is 32.2. The first kappa shape index (κ1) is 19.8. The van der Waals surface area contributed by atoms with Gasteiger partial charge in [-0.2, -0.15) is 4.98 Å². The minimum absolute atomic E-state index is 0.273. The lowest BCUT2D eigenvalue weighted by atomic mass is 10.1. The monoisotopic (exact) mass is 418 g/mol. The topological polar surface area (TPSA) is 82.1 Å². The van der Waals surface area contributed by atoms with Gasteiger partial charge in [0.05, 0.1) is 13.2 Å². The van der Waals surface area contributed by atoms with Gasteiger partial charge < -0.3 is 14.2 Å². The number of benzene rings is 1. The molecule has 29 heavy (non-hydrogen) atoms. The summed E-state index contributed by atoms with van der Waals surface area (Å²) in [6.07, 6.45) is 1.51. The summed E-state index contributed by atoms with van der Waals surface area (Å²) in [4.78, 5) is 6.56. The number of morpholine rings is 1. The van der Waals surface area contributed by atoms with Crippen molar-refractivity contribution in [3.63, 3.8) is 0 Å². The summed E-state index contributed by atoms with van der Waals surface area (Å²) in [5.74, 6) is 2.42. The summed E-state index contributed by atoms with van der Waals surface area (Å²) >= 11 is 1.65. The van der Waals surface area contributed by atoms with E-state index in [-0.39, 0.29) is 5.82 Å². The van der Waals surface area contributed by atoms with Crippen LogP contribution < -0.4 is 4.90 Å². The van der Waals surface area contributed by atoms with Crippen LogP contribution in [0.5, 0.6) is 0 Å². The molecule has 1 aliphatic rings. The van der Waals surface area contributed by atoms with Gasteiger partial charge in [0, 0.05) is 37.9 Å². The SMILES string of the molecule is Cc1ccc(-c2noc(CCCSc3nnc(N4CCOCC4)n3C)n2)cc1F. The van der Waals surface area contributed by atoms with Crippen molar-refractivity contribution in [3.05, 3.63) is 35.5 Å². The van der Waals surface area contributed by atoms with Gasteiger partial charge in [-0.3, -0.25) is 4.57 Å². The van der Waals surface area contributed by atoms with Crippen molar-refractivity contribution in [1.29, 1.82) is 0 Å². The van der Waals surface area contributed by atoms with E-state index in [9.17, 15) is 4.39 Å². The average molecular weight is 418 g/mol.